The largest absolute Gasteiger partial charge is 0.350 e. The summed E-state index contributed by atoms with van der Waals surface area (Å²) in [5.74, 6) is 0.140. The molecule has 1 amide bonds. The number of halogens is 1. The third kappa shape index (κ3) is 5.12. The lowest BCUT2D eigenvalue weighted by molar-refractivity contribution is -0.122. The Morgan fingerprint density at radius 2 is 2.31 bits per heavy atom. The van der Waals surface area contributed by atoms with Gasteiger partial charge in [0.2, 0.25) is 5.91 Å². The van der Waals surface area contributed by atoms with Crippen molar-refractivity contribution in [3.05, 3.63) is 22.4 Å². The molecule has 0 aliphatic rings. The molecule has 0 bridgehead atoms. The predicted octanol–water partition coefficient (Wildman–Crippen LogP) is 3.36. The molecule has 16 heavy (non-hydrogen) atoms. The number of amides is 1. The van der Waals surface area contributed by atoms with Gasteiger partial charge in [-0.05, 0) is 38.1 Å². The minimum Gasteiger partial charge on any atom is -0.350 e. The molecule has 0 aromatic carbocycles. The first-order valence-electron chi connectivity index (χ1n) is 5.43. The summed E-state index contributed by atoms with van der Waals surface area (Å²) in [5, 5.41) is 5.85. The van der Waals surface area contributed by atoms with Crippen molar-refractivity contribution in [1.29, 1.82) is 0 Å². The van der Waals surface area contributed by atoms with E-state index in [1.807, 2.05) is 19.9 Å². The maximum Gasteiger partial charge on any atom is 0.220 e. The molecule has 0 aliphatic heterocycles. The van der Waals surface area contributed by atoms with Crippen LogP contribution in [0.2, 0.25) is 0 Å². The van der Waals surface area contributed by atoms with Crippen LogP contribution in [0.15, 0.2) is 17.5 Å². The fourth-order valence-corrected chi connectivity index (χ4v) is 2.24. The zero-order valence-electron chi connectivity index (χ0n) is 9.75. The molecule has 0 saturated carbocycles. The van der Waals surface area contributed by atoms with Gasteiger partial charge in [0, 0.05) is 22.2 Å². The summed E-state index contributed by atoms with van der Waals surface area (Å²) in [7, 11) is 0. The van der Waals surface area contributed by atoms with Gasteiger partial charge in [-0.25, -0.2) is 0 Å². The summed E-state index contributed by atoms with van der Waals surface area (Å²) < 4.78 is 0. The van der Waals surface area contributed by atoms with Gasteiger partial charge in [0.15, 0.2) is 0 Å². The van der Waals surface area contributed by atoms with Gasteiger partial charge in [-0.3, -0.25) is 4.79 Å². The molecule has 4 heteroatoms. The van der Waals surface area contributed by atoms with E-state index in [2.05, 4.69) is 32.7 Å². The molecule has 1 N–H and O–H groups in total. The monoisotopic (exact) mass is 303 g/mol. The molecule has 90 valence electrons. The SMILES string of the molecule is CC(C)(CBr)NC(=O)CCCc1cccs1. The fraction of sp³-hybridized carbons (Fsp3) is 0.583. The van der Waals surface area contributed by atoms with Gasteiger partial charge >= 0.3 is 0 Å². The number of carbonyl (C=O) groups excluding carboxylic acids is 1. The lowest BCUT2D eigenvalue weighted by Crippen LogP contribution is -2.44. The van der Waals surface area contributed by atoms with E-state index in [1.165, 1.54) is 4.88 Å². The molecule has 0 fully saturated rings. The van der Waals surface area contributed by atoms with Gasteiger partial charge in [0.25, 0.3) is 0 Å². The molecule has 0 radical (unpaired) electrons. The van der Waals surface area contributed by atoms with E-state index >= 15 is 0 Å². The van der Waals surface area contributed by atoms with Crippen LogP contribution in [0.4, 0.5) is 0 Å². The number of aryl methyl sites for hydroxylation is 1. The second kappa shape index (κ2) is 6.40. The van der Waals surface area contributed by atoms with Crippen molar-refractivity contribution in [2.75, 3.05) is 5.33 Å². The second-order valence-electron chi connectivity index (χ2n) is 4.50. The molecule has 1 rings (SSSR count). The normalized spacial score (nSPS) is 11.4. The van der Waals surface area contributed by atoms with Crippen molar-refractivity contribution in [2.45, 2.75) is 38.6 Å². The van der Waals surface area contributed by atoms with E-state index in [9.17, 15) is 4.79 Å². The minimum atomic E-state index is -0.153. The number of hydrogen-bond donors (Lipinski definition) is 1. The van der Waals surface area contributed by atoms with Crippen LogP contribution in [0, 0.1) is 0 Å². The zero-order chi connectivity index (χ0) is 12.0. The summed E-state index contributed by atoms with van der Waals surface area (Å²) in [6.07, 6.45) is 2.53. The quantitative estimate of drug-likeness (QED) is 0.802. The Labute approximate surface area is 110 Å². The van der Waals surface area contributed by atoms with E-state index in [1.54, 1.807) is 11.3 Å². The Morgan fingerprint density at radius 3 is 2.88 bits per heavy atom. The minimum absolute atomic E-state index is 0.140. The third-order valence-corrected chi connectivity index (χ3v) is 4.56. The van der Waals surface area contributed by atoms with Crippen molar-refractivity contribution in [3.63, 3.8) is 0 Å². The molecule has 1 aromatic heterocycles. The van der Waals surface area contributed by atoms with E-state index in [4.69, 9.17) is 0 Å². The van der Waals surface area contributed by atoms with Gasteiger partial charge in [-0.15, -0.1) is 11.3 Å². The van der Waals surface area contributed by atoms with Crippen molar-refractivity contribution >= 4 is 33.2 Å². The van der Waals surface area contributed by atoms with Crippen molar-refractivity contribution in [1.82, 2.24) is 5.32 Å². The molecule has 0 saturated heterocycles. The topological polar surface area (TPSA) is 29.1 Å². The van der Waals surface area contributed by atoms with Crippen molar-refractivity contribution in [2.24, 2.45) is 0 Å². The average Bonchev–Trinajstić information content (AvgIpc) is 2.70. The molecule has 0 unspecified atom stereocenters. The first kappa shape index (κ1) is 13.7. The summed E-state index contributed by atoms with van der Waals surface area (Å²) >= 11 is 5.14. The second-order valence-corrected chi connectivity index (χ2v) is 6.09. The number of carbonyl (C=O) groups is 1. The van der Waals surface area contributed by atoms with Gasteiger partial charge in [0.1, 0.15) is 0 Å². The summed E-state index contributed by atoms with van der Waals surface area (Å²) in [6, 6.07) is 4.17. The van der Waals surface area contributed by atoms with Crippen LogP contribution in [0.1, 0.15) is 31.6 Å². The highest BCUT2D eigenvalue weighted by Gasteiger charge is 2.17. The first-order chi connectivity index (χ1) is 7.53. The molecule has 2 nitrogen and oxygen atoms in total. The number of hydrogen-bond acceptors (Lipinski definition) is 2. The zero-order valence-corrected chi connectivity index (χ0v) is 12.2. The molecule has 0 aliphatic carbocycles. The Balaban J connectivity index is 2.20. The summed E-state index contributed by atoms with van der Waals surface area (Å²) in [5.41, 5.74) is -0.153. The summed E-state index contributed by atoms with van der Waals surface area (Å²) in [4.78, 5) is 13.0. The molecule has 0 atom stereocenters. The van der Waals surface area contributed by atoms with Gasteiger partial charge < -0.3 is 5.32 Å². The van der Waals surface area contributed by atoms with Crippen LogP contribution in [-0.4, -0.2) is 16.8 Å². The third-order valence-electron chi connectivity index (χ3n) is 2.22. The average molecular weight is 304 g/mol. The Morgan fingerprint density at radius 1 is 1.56 bits per heavy atom. The number of rotatable bonds is 6. The lowest BCUT2D eigenvalue weighted by Gasteiger charge is -2.23. The maximum absolute atomic E-state index is 11.6. The molecule has 0 spiro atoms. The van der Waals surface area contributed by atoms with Gasteiger partial charge in [-0.2, -0.15) is 0 Å². The summed E-state index contributed by atoms with van der Waals surface area (Å²) in [6.45, 7) is 4.03. The highest BCUT2D eigenvalue weighted by molar-refractivity contribution is 9.09. The predicted molar refractivity (Wildman–Crippen MR) is 73.3 cm³/mol. The highest BCUT2D eigenvalue weighted by atomic mass is 79.9. The van der Waals surface area contributed by atoms with Crippen LogP contribution in [0.5, 0.6) is 0 Å². The Kier molecular flexibility index (Phi) is 5.49. The van der Waals surface area contributed by atoms with E-state index in [0.29, 0.717) is 6.42 Å². The van der Waals surface area contributed by atoms with Crippen molar-refractivity contribution in [3.8, 4) is 0 Å². The highest BCUT2D eigenvalue weighted by Crippen LogP contribution is 2.12. The van der Waals surface area contributed by atoms with E-state index < -0.39 is 0 Å². The van der Waals surface area contributed by atoms with Crippen LogP contribution in [-0.2, 0) is 11.2 Å². The van der Waals surface area contributed by atoms with Crippen molar-refractivity contribution < 1.29 is 4.79 Å². The maximum atomic E-state index is 11.6. The van der Waals surface area contributed by atoms with Crippen LogP contribution < -0.4 is 5.32 Å². The first-order valence-corrected chi connectivity index (χ1v) is 7.43. The van der Waals surface area contributed by atoms with E-state index in [-0.39, 0.29) is 11.4 Å². The van der Waals surface area contributed by atoms with Gasteiger partial charge in [-0.1, -0.05) is 22.0 Å². The van der Waals surface area contributed by atoms with Crippen LogP contribution in [0.3, 0.4) is 0 Å². The Hall–Kier alpha value is -0.350. The number of alkyl halides is 1. The lowest BCUT2D eigenvalue weighted by atomic mass is 10.1. The Bertz CT molecular complexity index is 322. The molecular weight excluding hydrogens is 286 g/mol. The molecule has 1 heterocycles. The van der Waals surface area contributed by atoms with Crippen LogP contribution in [0.25, 0.3) is 0 Å². The smallest absolute Gasteiger partial charge is 0.220 e. The van der Waals surface area contributed by atoms with E-state index in [0.717, 1.165) is 18.2 Å². The fourth-order valence-electron chi connectivity index (χ4n) is 1.35. The standard InChI is InChI=1S/C12H18BrNOS/c1-12(2,9-13)14-11(15)7-3-5-10-6-4-8-16-10/h4,6,8H,3,5,7,9H2,1-2H3,(H,14,15). The number of nitrogens with one attached hydrogen (secondary N) is 1. The molecule has 1 aromatic rings. The molecular formula is C12H18BrNOS. The van der Waals surface area contributed by atoms with Crippen LogP contribution >= 0.6 is 27.3 Å². The number of thiophene rings is 1. The van der Waals surface area contributed by atoms with Gasteiger partial charge in [0.05, 0.1) is 0 Å².